The largest absolute Gasteiger partial charge is 0.493 e. The number of ketones is 1. The third-order valence-corrected chi connectivity index (χ3v) is 3.78. The maximum Gasteiger partial charge on any atom is 0.204 e. The SMILES string of the molecule is CCc1ccc(/C=C/C(=O)c2ccc(OC)c(OC)c2OC)cc1. The van der Waals surface area contributed by atoms with Crippen LogP contribution in [0.15, 0.2) is 42.5 Å². The van der Waals surface area contributed by atoms with Gasteiger partial charge in [-0.1, -0.05) is 37.3 Å². The standard InChI is InChI=1S/C20H22O4/c1-5-14-6-8-15(9-7-14)10-12-17(21)16-11-13-18(22-2)20(24-4)19(16)23-3/h6-13H,5H2,1-4H3/b12-10+. The molecule has 2 aromatic rings. The first kappa shape index (κ1) is 17.6. The zero-order valence-corrected chi connectivity index (χ0v) is 14.5. The second-order valence-corrected chi connectivity index (χ2v) is 5.17. The molecule has 4 heteroatoms. The Balaban J connectivity index is 2.30. The molecule has 2 rings (SSSR count). The highest BCUT2D eigenvalue weighted by atomic mass is 16.5. The van der Waals surface area contributed by atoms with Gasteiger partial charge in [-0.15, -0.1) is 0 Å². The van der Waals surface area contributed by atoms with E-state index >= 15 is 0 Å². The lowest BCUT2D eigenvalue weighted by Crippen LogP contribution is -2.02. The Morgan fingerprint density at radius 2 is 1.58 bits per heavy atom. The minimum atomic E-state index is -0.160. The molecular formula is C20H22O4. The fourth-order valence-corrected chi connectivity index (χ4v) is 2.42. The monoisotopic (exact) mass is 326 g/mol. The van der Waals surface area contributed by atoms with Crippen LogP contribution >= 0.6 is 0 Å². The van der Waals surface area contributed by atoms with E-state index in [2.05, 4.69) is 19.1 Å². The van der Waals surface area contributed by atoms with E-state index in [0.29, 0.717) is 22.8 Å². The van der Waals surface area contributed by atoms with E-state index in [1.807, 2.05) is 12.1 Å². The smallest absolute Gasteiger partial charge is 0.204 e. The van der Waals surface area contributed by atoms with E-state index < -0.39 is 0 Å². The molecule has 0 unspecified atom stereocenters. The molecule has 0 saturated heterocycles. The van der Waals surface area contributed by atoms with Crippen LogP contribution in [-0.2, 0) is 6.42 Å². The average Bonchev–Trinajstić information content (AvgIpc) is 2.64. The molecule has 24 heavy (non-hydrogen) atoms. The number of carbonyl (C=O) groups excluding carboxylic acids is 1. The highest BCUT2D eigenvalue weighted by Gasteiger charge is 2.19. The van der Waals surface area contributed by atoms with Gasteiger partial charge >= 0.3 is 0 Å². The molecule has 0 radical (unpaired) electrons. The van der Waals surface area contributed by atoms with E-state index in [0.717, 1.165) is 12.0 Å². The van der Waals surface area contributed by atoms with Crippen molar-refractivity contribution in [2.75, 3.05) is 21.3 Å². The highest BCUT2D eigenvalue weighted by Crippen LogP contribution is 2.40. The van der Waals surface area contributed by atoms with Crippen molar-refractivity contribution in [1.82, 2.24) is 0 Å². The van der Waals surface area contributed by atoms with Crippen molar-refractivity contribution in [1.29, 1.82) is 0 Å². The molecule has 0 aliphatic heterocycles. The van der Waals surface area contributed by atoms with Crippen molar-refractivity contribution >= 4 is 11.9 Å². The number of ether oxygens (including phenoxy) is 3. The minimum Gasteiger partial charge on any atom is -0.493 e. The molecule has 2 aromatic carbocycles. The first-order valence-corrected chi connectivity index (χ1v) is 7.74. The van der Waals surface area contributed by atoms with Gasteiger partial charge in [-0.05, 0) is 35.8 Å². The number of carbonyl (C=O) groups is 1. The van der Waals surface area contributed by atoms with Crippen LogP contribution in [0.4, 0.5) is 0 Å². The Hall–Kier alpha value is -2.75. The maximum atomic E-state index is 12.5. The van der Waals surface area contributed by atoms with Crippen LogP contribution in [0.1, 0.15) is 28.4 Å². The van der Waals surface area contributed by atoms with Gasteiger partial charge in [-0.2, -0.15) is 0 Å². The van der Waals surface area contributed by atoms with Gasteiger partial charge in [0.15, 0.2) is 17.3 Å². The molecule has 0 aromatic heterocycles. The molecule has 0 bridgehead atoms. The zero-order chi connectivity index (χ0) is 17.5. The van der Waals surface area contributed by atoms with Gasteiger partial charge in [0.05, 0.1) is 26.9 Å². The molecule has 0 atom stereocenters. The van der Waals surface area contributed by atoms with Gasteiger partial charge in [-0.25, -0.2) is 0 Å². The minimum absolute atomic E-state index is 0.160. The van der Waals surface area contributed by atoms with Gasteiger partial charge in [0, 0.05) is 0 Å². The third-order valence-electron chi connectivity index (χ3n) is 3.78. The summed E-state index contributed by atoms with van der Waals surface area (Å²) in [6.45, 7) is 2.11. The van der Waals surface area contributed by atoms with E-state index in [9.17, 15) is 4.79 Å². The molecule has 4 nitrogen and oxygen atoms in total. The predicted molar refractivity (Wildman–Crippen MR) is 95.3 cm³/mol. The van der Waals surface area contributed by atoms with E-state index in [1.54, 1.807) is 25.3 Å². The van der Waals surface area contributed by atoms with Crippen molar-refractivity contribution < 1.29 is 19.0 Å². The summed E-state index contributed by atoms with van der Waals surface area (Å²) in [6, 6.07) is 11.5. The van der Waals surface area contributed by atoms with Crippen molar-refractivity contribution in [2.45, 2.75) is 13.3 Å². The summed E-state index contributed by atoms with van der Waals surface area (Å²) in [4.78, 5) is 12.5. The Bertz CT molecular complexity index is 730. The van der Waals surface area contributed by atoms with Crippen molar-refractivity contribution in [3.05, 3.63) is 59.2 Å². The van der Waals surface area contributed by atoms with E-state index in [4.69, 9.17) is 14.2 Å². The van der Waals surface area contributed by atoms with E-state index in [1.165, 1.54) is 25.9 Å². The number of methoxy groups -OCH3 is 3. The molecule has 0 spiro atoms. The van der Waals surface area contributed by atoms with Crippen LogP contribution in [0.25, 0.3) is 6.08 Å². The fourth-order valence-electron chi connectivity index (χ4n) is 2.42. The van der Waals surface area contributed by atoms with Crippen LogP contribution in [-0.4, -0.2) is 27.1 Å². The molecule has 0 saturated carbocycles. The summed E-state index contributed by atoms with van der Waals surface area (Å²) in [7, 11) is 4.56. The molecule has 126 valence electrons. The van der Waals surface area contributed by atoms with Gasteiger partial charge in [0.1, 0.15) is 0 Å². The Labute approximate surface area is 142 Å². The summed E-state index contributed by atoms with van der Waals surface area (Å²) in [5.74, 6) is 1.14. The second kappa shape index (κ2) is 8.20. The number of rotatable bonds is 7. The Morgan fingerprint density at radius 1 is 0.917 bits per heavy atom. The van der Waals surface area contributed by atoms with Crippen LogP contribution in [0.3, 0.4) is 0 Å². The fraction of sp³-hybridized carbons (Fsp3) is 0.250. The maximum absolute atomic E-state index is 12.5. The topological polar surface area (TPSA) is 44.8 Å². The van der Waals surface area contributed by atoms with Crippen LogP contribution in [0.2, 0.25) is 0 Å². The normalized spacial score (nSPS) is 10.7. The summed E-state index contributed by atoms with van der Waals surface area (Å²) in [6.07, 6.45) is 4.31. The third kappa shape index (κ3) is 3.77. The first-order valence-electron chi connectivity index (χ1n) is 7.74. The number of hydrogen-bond acceptors (Lipinski definition) is 4. The second-order valence-electron chi connectivity index (χ2n) is 5.17. The molecule has 0 heterocycles. The molecule has 0 amide bonds. The van der Waals surface area contributed by atoms with Crippen molar-refractivity contribution in [3.8, 4) is 17.2 Å². The van der Waals surface area contributed by atoms with Gasteiger partial charge in [0.25, 0.3) is 0 Å². The number of allylic oxidation sites excluding steroid dienone is 1. The first-order chi connectivity index (χ1) is 11.6. The van der Waals surface area contributed by atoms with E-state index in [-0.39, 0.29) is 5.78 Å². The highest BCUT2D eigenvalue weighted by molar-refractivity contribution is 6.09. The van der Waals surface area contributed by atoms with Crippen LogP contribution in [0.5, 0.6) is 17.2 Å². The summed E-state index contributed by atoms with van der Waals surface area (Å²) < 4.78 is 15.9. The lowest BCUT2D eigenvalue weighted by atomic mass is 10.1. The lowest BCUT2D eigenvalue weighted by Gasteiger charge is -2.14. The Morgan fingerprint density at radius 3 is 2.12 bits per heavy atom. The zero-order valence-electron chi connectivity index (χ0n) is 14.5. The van der Waals surface area contributed by atoms with Crippen LogP contribution in [0, 0.1) is 0 Å². The van der Waals surface area contributed by atoms with Crippen molar-refractivity contribution in [2.24, 2.45) is 0 Å². The summed E-state index contributed by atoms with van der Waals surface area (Å²) in [5.41, 5.74) is 2.66. The molecule has 0 aliphatic rings. The molecule has 0 fully saturated rings. The summed E-state index contributed by atoms with van der Waals surface area (Å²) in [5, 5.41) is 0. The van der Waals surface area contributed by atoms with Crippen LogP contribution < -0.4 is 14.2 Å². The number of aryl methyl sites for hydroxylation is 1. The Kier molecular flexibility index (Phi) is 6.01. The van der Waals surface area contributed by atoms with Gasteiger partial charge in [-0.3, -0.25) is 4.79 Å². The molecular weight excluding hydrogens is 304 g/mol. The number of benzene rings is 2. The van der Waals surface area contributed by atoms with Crippen molar-refractivity contribution in [3.63, 3.8) is 0 Å². The average molecular weight is 326 g/mol. The molecule has 0 N–H and O–H groups in total. The van der Waals surface area contributed by atoms with Gasteiger partial charge in [0.2, 0.25) is 5.75 Å². The molecule has 0 aliphatic carbocycles. The predicted octanol–water partition coefficient (Wildman–Crippen LogP) is 4.17. The summed E-state index contributed by atoms with van der Waals surface area (Å²) >= 11 is 0. The van der Waals surface area contributed by atoms with Gasteiger partial charge < -0.3 is 14.2 Å². The number of hydrogen-bond donors (Lipinski definition) is 0. The lowest BCUT2D eigenvalue weighted by molar-refractivity contribution is 0.104. The quantitative estimate of drug-likeness (QED) is 0.566.